The van der Waals surface area contributed by atoms with Gasteiger partial charge < -0.3 is 18.9 Å². The number of aryl methyl sites for hydroxylation is 1. The van der Waals surface area contributed by atoms with Crippen LogP contribution < -0.4 is 19.9 Å². The molecule has 2 aromatic carbocycles. The van der Waals surface area contributed by atoms with Crippen LogP contribution in [-0.4, -0.2) is 52.8 Å². The lowest BCUT2D eigenvalue weighted by Crippen LogP contribution is -2.57. The second kappa shape index (κ2) is 10.9. The molecule has 4 heterocycles. The van der Waals surface area contributed by atoms with Gasteiger partial charge in [0.05, 0.1) is 30.5 Å². The summed E-state index contributed by atoms with van der Waals surface area (Å²) >= 11 is 0. The number of para-hydroxylation sites is 1. The first kappa shape index (κ1) is 26.8. The smallest absolute Gasteiger partial charge is 0.252 e. The van der Waals surface area contributed by atoms with Crippen molar-refractivity contribution in [3.05, 3.63) is 93.7 Å². The number of piperazine rings is 1. The van der Waals surface area contributed by atoms with Crippen LogP contribution in [0.1, 0.15) is 43.1 Å². The Kier molecular flexibility index (Phi) is 7.10. The molecule has 2 aliphatic heterocycles. The topological polar surface area (TPSA) is 83.6 Å². The molecule has 0 saturated carbocycles. The fourth-order valence-corrected chi connectivity index (χ4v) is 6.10. The van der Waals surface area contributed by atoms with Crippen LogP contribution in [0.15, 0.2) is 65.5 Å². The number of hydrogen-bond acceptors (Lipinski definition) is 7. The molecule has 8 nitrogen and oxygen atoms in total. The van der Waals surface area contributed by atoms with Gasteiger partial charge >= 0.3 is 0 Å². The van der Waals surface area contributed by atoms with Crippen molar-refractivity contribution in [2.45, 2.75) is 38.4 Å². The first-order valence-corrected chi connectivity index (χ1v) is 13.9. The minimum absolute atomic E-state index is 0.000257. The second-order valence-electron chi connectivity index (χ2n) is 10.8. The molecule has 1 fully saturated rings. The molecule has 2 aromatic heterocycles. The number of hydrogen-bond donors (Lipinski definition) is 0. The molecule has 0 aliphatic carbocycles. The molecule has 9 heteroatoms. The standard InChI is InChI=1S/C32H32FN5O3/c1-20-19-38(21(2)18-37(20)27-16-29(39)36(3)26-12-11-24(17-34)35-30(26)27)31(22-7-4-8-23(33)15-22)25-9-5-10-28-32(25)41-14-6-13-40-28/h4-5,7-12,15-16,20-21,31H,6,13-14,18-19H2,1-3H3/t20-,21+,31?/m0/s1. The lowest BCUT2D eigenvalue weighted by molar-refractivity contribution is 0.127. The number of ether oxygens (including phenoxy) is 2. The average Bonchev–Trinajstić information content (AvgIpc) is 3.23. The number of anilines is 1. The molecule has 0 radical (unpaired) electrons. The number of aromatic nitrogens is 2. The van der Waals surface area contributed by atoms with Crippen molar-refractivity contribution >= 4 is 16.7 Å². The first-order chi connectivity index (χ1) is 19.9. The lowest BCUT2D eigenvalue weighted by Gasteiger charge is -2.48. The van der Waals surface area contributed by atoms with Gasteiger partial charge in [0, 0.05) is 50.3 Å². The molecule has 3 atom stereocenters. The molecule has 210 valence electrons. The summed E-state index contributed by atoms with van der Waals surface area (Å²) in [5.41, 5.74) is 3.94. The van der Waals surface area contributed by atoms with Gasteiger partial charge in [-0.1, -0.05) is 24.3 Å². The Hall–Kier alpha value is -4.42. The third-order valence-corrected chi connectivity index (χ3v) is 8.12. The van der Waals surface area contributed by atoms with Crippen molar-refractivity contribution in [3.63, 3.8) is 0 Å². The van der Waals surface area contributed by atoms with Crippen LogP contribution in [0.5, 0.6) is 11.5 Å². The van der Waals surface area contributed by atoms with E-state index in [1.807, 2.05) is 24.3 Å². The monoisotopic (exact) mass is 553 g/mol. The van der Waals surface area contributed by atoms with Crippen LogP contribution in [0.3, 0.4) is 0 Å². The van der Waals surface area contributed by atoms with E-state index in [2.05, 4.69) is 34.7 Å². The largest absolute Gasteiger partial charge is 0.490 e. The molecular weight excluding hydrogens is 521 g/mol. The summed E-state index contributed by atoms with van der Waals surface area (Å²) in [6.45, 7) is 6.61. The quantitative estimate of drug-likeness (QED) is 0.359. The summed E-state index contributed by atoms with van der Waals surface area (Å²) in [6.07, 6.45) is 0.789. The van der Waals surface area contributed by atoms with Crippen LogP contribution in [-0.2, 0) is 7.05 Å². The Balaban J connectivity index is 1.43. The number of rotatable bonds is 4. The normalized spacial score (nSPS) is 19.9. The molecule has 4 aromatic rings. The van der Waals surface area contributed by atoms with Gasteiger partial charge in [0.15, 0.2) is 11.5 Å². The van der Waals surface area contributed by atoms with Gasteiger partial charge in [-0.15, -0.1) is 0 Å². The van der Waals surface area contributed by atoms with E-state index in [0.717, 1.165) is 17.5 Å². The summed E-state index contributed by atoms with van der Waals surface area (Å²) in [4.78, 5) is 22.1. The molecule has 0 spiro atoms. The van der Waals surface area contributed by atoms with Gasteiger partial charge in [0.1, 0.15) is 23.1 Å². The lowest BCUT2D eigenvalue weighted by atomic mass is 9.92. The van der Waals surface area contributed by atoms with Gasteiger partial charge in [0.2, 0.25) is 0 Å². The van der Waals surface area contributed by atoms with Crippen molar-refractivity contribution in [1.29, 1.82) is 5.26 Å². The number of pyridine rings is 2. The molecule has 1 saturated heterocycles. The van der Waals surface area contributed by atoms with Gasteiger partial charge in [0.25, 0.3) is 5.56 Å². The van der Waals surface area contributed by atoms with Crippen LogP contribution in [0.25, 0.3) is 11.0 Å². The van der Waals surface area contributed by atoms with E-state index in [9.17, 15) is 14.4 Å². The number of fused-ring (bicyclic) bond motifs is 2. The Morgan fingerprint density at radius 3 is 2.63 bits per heavy atom. The van der Waals surface area contributed by atoms with E-state index in [1.54, 1.807) is 41.9 Å². The molecule has 6 rings (SSSR count). The highest BCUT2D eigenvalue weighted by atomic mass is 19.1. The fourth-order valence-electron chi connectivity index (χ4n) is 6.10. The van der Waals surface area contributed by atoms with Crippen molar-refractivity contribution in [2.24, 2.45) is 7.05 Å². The summed E-state index contributed by atoms with van der Waals surface area (Å²) < 4.78 is 28.4. The van der Waals surface area contributed by atoms with Crippen molar-refractivity contribution in [1.82, 2.24) is 14.5 Å². The zero-order valence-corrected chi connectivity index (χ0v) is 23.4. The molecule has 0 N–H and O–H groups in total. The minimum Gasteiger partial charge on any atom is -0.490 e. The highest BCUT2D eigenvalue weighted by molar-refractivity contribution is 5.89. The summed E-state index contributed by atoms with van der Waals surface area (Å²) in [7, 11) is 1.71. The van der Waals surface area contributed by atoms with Crippen molar-refractivity contribution < 1.29 is 13.9 Å². The molecule has 2 aliphatic rings. The zero-order valence-electron chi connectivity index (χ0n) is 23.4. The number of benzene rings is 2. The second-order valence-corrected chi connectivity index (χ2v) is 10.8. The SMILES string of the molecule is C[C@@H]1CN(c2cc(=O)n(C)c3ccc(C#N)nc23)[C@@H](C)CN1C(c1cccc(F)c1)c1cccc2c1OCCCO2. The van der Waals surface area contributed by atoms with Gasteiger partial charge in [-0.2, -0.15) is 5.26 Å². The third-order valence-electron chi connectivity index (χ3n) is 8.12. The van der Waals surface area contributed by atoms with Crippen LogP contribution in [0.2, 0.25) is 0 Å². The van der Waals surface area contributed by atoms with E-state index < -0.39 is 0 Å². The molecule has 0 bridgehead atoms. The fraction of sp³-hybridized carbons (Fsp3) is 0.344. The van der Waals surface area contributed by atoms with E-state index in [0.29, 0.717) is 60.2 Å². The Morgan fingerprint density at radius 1 is 1.02 bits per heavy atom. The average molecular weight is 554 g/mol. The van der Waals surface area contributed by atoms with E-state index in [4.69, 9.17) is 9.47 Å². The van der Waals surface area contributed by atoms with Crippen LogP contribution >= 0.6 is 0 Å². The zero-order chi connectivity index (χ0) is 28.7. The predicted molar refractivity (Wildman–Crippen MR) is 155 cm³/mol. The van der Waals surface area contributed by atoms with Crippen LogP contribution in [0, 0.1) is 17.1 Å². The Morgan fingerprint density at radius 2 is 1.83 bits per heavy atom. The Bertz CT molecular complexity index is 1710. The molecular formula is C32H32FN5O3. The summed E-state index contributed by atoms with van der Waals surface area (Å²) in [5.74, 6) is 1.11. The third kappa shape index (κ3) is 4.89. The van der Waals surface area contributed by atoms with Gasteiger partial charge in [-0.05, 0) is 49.7 Å². The van der Waals surface area contributed by atoms with E-state index in [1.165, 1.54) is 6.07 Å². The maximum absolute atomic E-state index is 14.6. The molecule has 0 amide bonds. The van der Waals surface area contributed by atoms with Gasteiger partial charge in [-0.25, -0.2) is 9.37 Å². The predicted octanol–water partition coefficient (Wildman–Crippen LogP) is 4.79. The highest BCUT2D eigenvalue weighted by Crippen LogP contribution is 2.43. The number of nitriles is 1. The summed E-state index contributed by atoms with van der Waals surface area (Å²) in [5, 5.41) is 9.50. The highest BCUT2D eigenvalue weighted by Gasteiger charge is 2.37. The van der Waals surface area contributed by atoms with E-state index >= 15 is 0 Å². The summed E-state index contributed by atoms with van der Waals surface area (Å²) in [6, 6.07) is 19.5. The maximum atomic E-state index is 14.6. The van der Waals surface area contributed by atoms with Gasteiger partial charge in [-0.3, -0.25) is 9.69 Å². The Labute approximate surface area is 238 Å². The van der Waals surface area contributed by atoms with Crippen molar-refractivity contribution in [3.8, 4) is 17.6 Å². The first-order valence-electron chi connectivity index (χ1n) is 13.9. The maximum Gasteiger partial charge on any atom is 0.252 e. The van der Waals surface area contributed by atoms with Crippen molar-refractivity contribution in [2.75, 3.05) is 31.2 Å². The molecule has 41 heavy (non-hydrogen) atoms. The number of nitrogens with zero attached hydrogens (tertiary/aromatic N) is 5. The molecule has 1 unspecified atom stereocenters. The number of halogens is 1. The van der Waals surface area contributed by atoms with E-state index in [-0.39, 0.29) is 29.5 Å². The van der Waals surface area contributed by atoms with Crippen LogP contribution in [0.4, 0.5) is 10.1 Å². The minimum atomic E-state index is -0.294.